The van der Waals surface area contributed by atoms with Gasteiger partial charge in [0.05, 0.1) is 0 Å². The molecule has 0 radical (unpaired) electrons. The summed E-state index contributed by atoms with van der Waals surface area (Å²) in [6.07, 6.45) is 11.1. The lowest BCUT2D eigenvalue weighted by Crippen LogP contribution is -2.41. The van der Waals surface area contributed by atoms with E-state index >= 15 is 0 Å². The molecule has 0 aromatic rings. The molecule has 3 unspecified atom stereocenters. The van der Waals surface area contributed by atoms with E-state index in [1.165, 1.54) is 51.4 Å². The maximum absolute atomic E-state index is 3.91. The van der Waals surface area contributed by atoms with Crippen molar-refractivity contribution in [2.45, 2.75) is 91.1 Å². The molecule has 1 fully saturated rings. The smallest absolute Gasteiger partial charge is 0.00722 e. The number of hydrogen-bond acceptors (Lipinski definition) is 1. The molecule has 0 saturated heterocycles. The molecular formula is C16H33N. The predicted molar refractivity (Wildman–Crippen MR) is 77.3 cm³/mol. The lowest BCUT2D eigenvalue weighted by atomic mass is 9.81. The van der Waals surface area contributed by atoms with E-state index in [4.69, 9.17) is 0 Å². The zero-order valence-electron chi connectivity index (χ0n) is 12.5. The van der Waals surface area contributed by atoms with Crippen LogP contribution >= 0.6 is 0 Å². The van der Waals surface area contributed by atoms with Gasteiger partial charge in [0.15, 0.2) is 0 Å². The van der Waals surface area contributed by atoms with E-state index in [0.717, 1.165) is 23.9 Å². The lowest BCUT2D eigenvalue weighted by molar-refractivity contribution is 0.235. The highest BCUT2D eigenvalue weighted by atomic mass is 14.9. The SMILES string of the molecule is CCCC(CC)NC1CCCC(CC(C)C)C1. The van der Waals surface area contributed by atoms with Gasteiger partial charge in [-0.3, -0.25) is 0 Å². The minimum absolute atomic E-state index is 0.766. The fourth-order valence-corrected chi connectivity index (χ4v) is 3.41. The summed E-state index contributed by atoms with van der Waals surface area (Å²) in [5, 5.41) is 3.91. The summed E-state index contributed by atoms with van der Waals surface area (Å²) in [6.45, 7) is 9.35. The normalized spacial score (nSPS) is 27.4. The van der Waals surface area contributed by atoms with E-state index < -0.39 is 0 Å². The number of rotatable bonds is 7. The van der Waals surface area contributed by atoms with Gasteiger partial charge in [-0.25, -0.2) is 0 Å². The maximum atomic E-state index is 3.91. The van der Waals surface area contributed by atoms with Crippen LogP contribution in [0.4, 0.5) is 0 Å². The minimum Gasteiger partial charge on any atom is -0.311 e. The van der Waals surface area contributed by atoms with Gasteiger partial charge >= 0.3 is 0 Å². The van der Waals surface area contributed by atoms with Gasteiger partial charge in [0.2, 0.25) is 0 Å². The molecule has 1 aliphatic carbocycles. The summed E-state index contributed by atoms with van der Waals surface area (Å²) in [5.74, 6) is 1.86. The van der Waals surface area contributed by atoms with Gasteiger partial charge in [-0.2, -0.15) is 0 Å². The van der Waals surface area contributed by atoms with Gasteiger partial charge in [-0.15, -0.1) is 0 Å². The third kappa shape index (κ3) is 5.90. The van der Waals surface area contributed by atoms with Gasteiger partial charge in [-0.05, 0) is 43.9 Å². The fraction of sp³-hybridized carbons (Fsp3) is 1.00. The maximum Gasteiger partial charge on any atom is 0.00722 e. The van der Waals surface area contributed by atoms with Crippen LogP contribution in [0.15, 0.2) is 0 Å². The third-order valence-corrected chi connectivity index (χ3v) is 4.19. The molecule has 1 N–H and O–H groups in total. The molecule has 1 heteroatoms. The van der Waals surface area contributed by atoms with Crippen LogP contribution in [0, 0.1) is 11.8 Å². The second-order valence-corrected chi connectivity index (χ2v) is 6.42. The highest BCUT2D eigenvalue weighted by Crippen LogP contribution is 2.29. The van der Waals surface area contributed by atoms with Crippen molar-refractivity contribution in [2.24, 2.45) is 11.8 Å². The van der Waals surface area contributed by atoms with E-state index in [1.54, 1.807) is 0 Å². The second kappa shape index (κ2) is 8.13. The van der Waals surface area contributed by atoms with Crippen molar-refractivity contribution >= 4 is 0 Å². The summed E-state index contributed by atoms with van der Waals surface area (Å²) in [7, 11) is 0. The molecule has 1 aliphatic rings. The Bertz CT molecular complexity index is 188. The van der Waals surface area contributed by atoms with Gasteiger partial charge in [-0.1, -0.05) is 47.0 Å². The zero-order valence-corrected chi connectivity index (χ0v) is 12.5. The summed E-state index contributed by atoms with van der Waals surface area (Å²) < 4.78 is 0. The molecule has 102 valence electrons. The fourth-order valence-electron chi connectivity index (χ4n) is 3.41. The monoisotopic (exact) mass is 239 g/mol. The Hall–Kier alpha value is -0.0400. The summed E-state index contributed by atoms with van der Waals surface area (Å²) >= 11 is 0. The minimum atomic E-state index is 0.766. The average molecular weight is 239 g/mol. The summed E-state index contributed by atoms with van der Waals surface area (Å²) in [4.78, 5) is 0. The van der Waals surface area contributed by atoms with Gasteiger partial charge in [0.25, 0.3) is 0 Å². The molecule has 1 saturated carbocycles. The Morgan fingerprint density at radius 3 is 2.53 bits per heavy atom. The topological polar surface area (TPSA) is 12.0 Å². The number of hydrogen-bond donors (Lipinski definition) is 1. The van der Waals surface area contributed by atoms with E-state index in [1.807, 2.05) is 0 Å². The van der Waals surface area contributed by atoms with Crippen LogP contribution in [-0.4, -0.2) is 12.1 Å². The molecule has 0 aromatic heterocycles. The van der Waals surface area contributed by atoms with Crippen molar-refractivity contribution in [3.05, 3.63) is 0 Å². The Labute approximate surface area is 109 Å². The van der Waals surface area contributed by atoms with Gasteiger partial charge in [0.1, 0.15) is 0 Å². The van der Waals surface area contributed by atoms with E-state index in [0.29, 0.717) is 0 Å². The first-order valence-electron chi connectivity index (χ1n) is 7.91. The van der Waals surface area contributed by atoms with Crippen molar-refractivity contribution in [3.8, 4) is 0 Å². The molecule has 17 heavy (non-hydrogen) atoms. The molecule has 0 heterocycles. The first-order chi connectivity index (χ1) is 8.15. The number of nitrogens with one attached hydrogen (secondary N) is 1. The van der Waals surface area contributed by atoms with Crippen LogP contribution < -0.4 is 5.32 Å². The van der Waals surface area contributed by atoms with Gasteiger partial charge < -0.3 is 5.32 Å². The molecule has 0 aliphatic heterocycles. The molecule has 0 spiro atoms. The largest absolute Gasteiger partial charge is 0.311 e. The van der Waals surface area contributed by atoms with Crippen LogP contribution in [0.2, 0.25) is 0 Å². The Kier molecular flexibility index (Phi) is 7.18. The van der Waals surface area contributed by atoms with E-state index in [-0.39, 0.29) is 0 Å². The summed E-state index contributed by atoms with van der Waals surface area (Å²) in [5.41, 5.74) is 0. The molecule has 3 atom stereocenters. The van der Waals surface area contributed by atoms with Crippen LogP contribution in [-0.2, 0) is 0 Å². The molecule has 1 nitrogen and oxygen atoms in total. The standard InChI is InChI=1S/C16H33N/c1-5-8-15(6-2)17-16-10-7-9-14(12-16)11-13(3)4/h13-17H,5-12H2,1-4H3. The molecule has 0 bridgehead atoms. The first-order valence-corrected chi connectivity index (χ1v) is 7.91. The second-order valence-electron chi connectivity index (χ2n) is 6.42. The molecule has 1 rings (SSSR count). The highest BCUT2D eigenvalue weighted by Gasteiger charge is 2.23. The zero-order chi connectivity index (χ0) is 12.7. The molecule has 0 amide bonds. The first kappa shape index (κ1) is 15.0. The van der Waals surface area contributed by atoms with Crippen molar-refractivity contribution < 1.29 is 0 Å². The van der Waals surface area contributed by atoms with Crippen LogP contribution in [0.3, 0.4) is 0 Å². The van der Waals surface area contributed by atoms with Crippen LogP contribution in [0.1, 0.15) is 79.1 Å². The quantitative estimate of drug-likeness (QED) is 0.675. The van der Waals surface area contributed by atoms with Gasteiger partial charge in [0, 0.05) is 12.1 Å². The van der Waals surface area contributed by atoms with Crippen LogP contribution in [0.25, 0.3) is 0 Å². The Morgan fingerprint density at radius 2 is 1.94 bits per heavy atom. The van der Waals surface area contributed by atoms with E-state index in [9.17, 15) is 0 Å². The summed E-state index contributed by atoms with van der Waals surface area (Å²) in [6, 6.07) is 1.58. The van der Waals surface area contributed by atoms with Crippen LogP contribution in [0.5, 0.6) is 0 Å². The third-order valence-electron chi connectivity index (χ3n) is 4.19. The average Bonchev–Trinajstić information content (AvgIpc) is 2.28. The van der Waals surface area contributed by atoms with Crippen molar-refractivity contribution in [1.82, 2.24) is 5.32 Å². The Balaban J connectivity index is 2.32. The van der Waals surface area contributed by atoms with Crippen molar-refractivity contribution in [2.75, 3.05) is 0 Å². The molecule has 0 aromatic carbocycles. The molecular weight excluding hydrogens is 206 g/mol. The predicted octanol–water partition coefficient (Wildman–Crippen LogP) is 4.76. The van der Waals surface area contributed by atoms with Crippen molar-refractivity contribution in [3.63, 3.8) is 0 Å². The Morgan fingerprint density at radius 1 is 1.18 bits per heavy atom. The van der Waals surface area contributed by atoms with Crippen molar-refractivity contribution in [1.29, 1.82) is 0 Å². The van der Waals surface area contributed by atoms with E-state index in [2.05, 4.69) is 33.0 Å². The lowest BCUT2D eigenvalue weighted by Gasteiger charge is -2.33. The highest BCUT2D eigenvalue weighted by molar-refractivity contribution is 4.81.